The van der Waals surface area contributed by atoms with Crippen molar-refractivity contribution in [3.63, 3.8) is 0 Å². The molecule has 2 aromatic rings. The minimum absolute atomic E-state index is 0.121. The van der Waals surface area contributed by atoms with E-state index in [9.17, 15) is 9.18 Å². The molecule has 0 bridgehead atoms. The van der Waals surface area contributed by atoms with Crippen molar-refractivity contribution in [3.8, 4) is 0 Å². The van der Waals surface area contributed by atoms with Gasteiger partial charge in [-0.05, 0) is 85.1 Å². The van der Waals surface area contributed by atoms with E-state index < -0.39 is 0 Å². The fraction of sp³-hybridized carbons (Fsp3) is 0.375. The predicted molar refractivity (Wildman–Crippen MR) is 105 cm³/mol. The van der Waals surface area contributed by atoms with Crippen LogP contribution in [0.1, 0.15) is 70.6 Å². The maximum atomic E-state index is 14.0. The van der Waals surface area contributed by atoms with Gasteiger partial charge in [-0.25, -0.2) is 4.39 Å². The largest absolute Gasteiger partial charge is 0.331 e. The molecule has 27 heavy (non-hydrogen) atoms. The average Bonchev–Trinajstić information content (AvgIpc) is 3.48. The lowest BCUT2D eigenvalue weighted by Crippen LogP contribution is -2.25. The number of allylic oxidation sites excluding steroid dienone is 2. The summed E-state index contributed by atoms with van der Waals surface area (Å²) in [5, 5.41) is 0. The molecular formula is C24H24FNO. The summed E-state index contributed by atoms with van der Waals surface area (Å²) in [4.78, 5) is 14.6. The summed E-state index contributed by atoms with van der Waals surface area (Å²) < 4.78 is 14.0. The minimum atomic E-state index is -0.121. The highest BCUT2D eigenvalue weighted by molar-refractivity contribution is 5.99. The molecule has 1 saturated carbocycles. The van der Waals surface area contributed by atoms with Crippen LogP contribution in [0.4, 0.5) is 4.39 Å². The second-order valence-corrected chi connectivity index (χ2v) is 8.18. The fourth-order valence-corrected chi connectivity index (χ4v) is 4.66. The van der Waals surface area contributed by atoms with Crippen molar-refractivity contribution < 1.29 is 9.18 Å². The van der Waals surface area contributed by atoms with E-state index >= 15 is 0 Å². The van der Waals surface area contributed by atoms with Gasteiger partial charge in [-0.3, -0.25) is 4.79 Å². The molecule has 2 aliphatic carbocycles. The molecule has 1 heterocycles. The molecule has 2 aromatic carbocycles. The number of carbonyl (C=O) groups excluding carboxylic acids is 1. The van der Waals surface area contributed by atoms with Crippen molar-refractivity contribution >= 4 is 11.5 Å². The van der Waals surface area contributed by atoms with Gasteiger partial charge < -0.3 is 4.90 Å². The lowest BCUT2D eigenvalue weighted by molar-refractivity contribution is 0.0766. The monoisotopic (exact) mass is 361 g/mol. The number of rotatable bonds is 3. The summed E-state index contributed by atoms with van der Waals surface area (Å²) in [6.07, 6.45) is 7.83. The summed E-state index contributed by atoms with van der Waals surface area (Å²) >= 11 is 0. The van der Waals surface area contributed by atoms with Crippen LogP contribution in [0.15, 0.2) is 42.5 Å². The van der Waals surface area contributed by atoms with Crippen LogP contribution in [0, 0.1) is 12.7 Å². The van der Waals surface area contributed by atoms with Crippen molar-refractivity contribution in [3.05, 3.63) is 76.1 Å². The molecule has 5 rings (SSSR count). The van der Waals surface area contributed by atoms with Crippen molar-refractivity contribution in [2.75, 3.05) is 0 Å². The molecule has 0 radical (unpaired) electrons. The summed E-state index contributed by atoms with van der Waals surface area (Å²) in [5.74, 6) is 0.344. The number of halogens is 1. The van der Waals surface area contributed by atoms with Gasteiger partial charge in [-0.2, -0.15) is 0 Å². The smallest absolute Gasteiger partial charge is 0.254 e. The minimum Gasteiger partial charge on any atom is -0.331 e. The molecule has 1 aliphatic heterocycles. The van der Waals surface area contributed by atoms with Crippen LogP contribution in [0.3, 0.4) is 0 Å². The first-order valence-corrected chi connectivity index (χ1v) is 10.0. The van der Waals surface area contributed by atoms with Gasteiger partial charge in [-0.15, -0.1) is 0 Å². The summed E-state index contributed by atoms with van der Waals surface area (Å²) in [7, 11) is 0. The van der Waals surface area contributed by atoms with Gasteiger partial charge in [0.15, 0.2) is 0 Å². The van der Waals surface area contributed by atoms with Gasteiger partial charge in [0.25, 0.3) is 5.91 Å². The zero-order chi connectivity index (χ0) is 18.5. The Kier molecular flexibility index (Phi) is 3.92. The van der Waals surface area contributed by atoms with E-state index in [-0.39, 0.29) is 17.6 Å². The Hall–Kier alpha value is -2.42. The third-order valence-corrected chi connectivity index (χ3v) is 6.37. The summed E-state index contributed by atoms with van der Waals surface area (Å²) in [5.41, 5.74) is 6.45. The lowest BCUT2D eigenvalue weighted by atomic mass is 9.81. The third kappa shape index (κ3) is 2.90. The second-order valence-electron chi connectivity index (χ2n) is 8.18. The molecule has 0 saturated heterocycles. The van der Waals surface area contributed by atoms with E-state index in [4.69, 9.17) is 0 Å². The molecular weight excluding hydrogens is 337 g/mol. The molecule has 0 N–H and O–H groups in total. The van der Waals surface area contributed by atoms with Crippen molar-refractivity contribution in [2.45, 2.75) is 57.5 Å². The Labute approximate surface area is 159 Å². The zero-order valence-corrected chi connectivity index (χ0v) is 15.7. The molecule has 138 valence electrons. The predicted octanol–water partition coefficient (Wildman–Crippen LogP) is 5.60. The molecule has 2 nitrogen and oxygen atoms in total. The molecule has 0 spiro atoms. The number of carbonyl (C=O) groups is 1. The topological polar surface area (TPSA) is 20.3 Å². The number of fused-ring (bicyclic) bond motifs is 1. The number of hydrogen-bond acceptors (Lipinski definition) is 1. The Bertz CT molecular complexity index is 957. The van der Waals surface area contributed by atoms with E-state index in [2.05, 4.69) is 24.3 Å². The average molecular weight is 361 g/mol. The standard InChI is InChI=1S/C24H24FNO/c1-15-21(6-3-7-23(15)25)18-5-2-4-16(12-18)17-8-11-22-19(13-17)14-26(24(22)27)20-9-10-20/h3,6-8,11-13,18,20H,2,4-5,9-10,14H2,1H3/t18-/m0/s1. The molecule has 3 aliphatic rings. The van der Waals surface area contributed by atoms with Crippen LogP contribution in [-0.2, 0) is 6.54 Å². The maximum absolute atomic E-state index is 14.0. The number of amides is 1. The highest BCUT2D eigenvalue weighted by atomic mass is 19.1. The van der Waals surface area contributed by atoms with Crippen molar-refractivity contribution in [1.29, 1.82) is 0 Å². The van der Waals surface area contributed by atoms with E-state index in [1.54, 1.807) is 0 Å². The van der Waals surface area contributed by atoms with Crippen LogP contribution in [-0.4, -0.2) is 16.8 Å². The molecule has 3 heteroatoms. The first-order valence-electron chi connectivity index (χ1n) is 10.0. The second kappa shape index (κ2) is 6.33. The Morgan fingerprint density at radius 2 is 1.96 bits per heavy atom. The highest BCUT2D eigenvalue weighted by Gasteiger charge is 2.38. The van der Waals surface area contributed by atoms with Crippen LogP contribution in [0.5, 0.6) is 0 Å². The van der Waals surface area contributed by atoms with Crippen LogP contribution in [0.2, 0.25) is 0 Å². The Balaban J connectivity index is 1.46. The first kappa shape index (κ1) is 16.7. The maximum Gasteiger partial charge on any atom is 0.254 e. The van der Waals surface area contributed by atoms with Gasteiger partial charge in [-0.1, -0.05) is 24.3 Å². The van der Waals surface area contributed by atoms with Gasteiger partial charge in [0.2, 0.25) is 0 Å². The zero-order valence-electron chi connectivity index (χ0n) is 15.7. The van der Waals surface area contributed by atoms with Gasteiger partial charge in [0, 0.05) is 24.1 Å². The number of benzene rings is 2. The Morgan fingerprint density at radius 1 is 1.11 bits per heavy atom. The SMILES string of the molecule is Cc1c(F)cccc1[C@@H]1C=C(c2ccc3c(c2)CN(C2CC2)C3=O)CCC1. The van der Waals surface area contributed by atoms with Crippen LogP contribution < -0.4 is 0 Å². The van der Waals surface area contributed by atoms with Crippen LogP contribution in [0.25, 0.3) is 5.57 Å². The third-order valence-electron chi connectivity index (χ3n) is 6.37. The summed E-state index contributed by atoms with van der Waals surface area (Å²) in [6.45, 7) is 2.63. The van der Waals surface area contributed by atoms with Crippen LogP contribution >= 0.6 is 0 Å². The first-order chi connectivity index (χ1) is 13.1. The van der Waals surface area contributed by atoms with E-state index in [0.29, 0.717) is 6.04 Å². The highest BCUT2D eigenvalue weighted by Crippen LogP contribution is 2.39. The molecule has 1 atom stereocenters. The molecule has 0 unspecified atom stereocenters. The van der Waals surface area contributed by atoms with Gasteiger partial charge in [0.1, 0.15) is 5.82 Å². The van der Waals surface area contributed by atoms with Gasteiger partial charge in [0.05, 0.1) is 0 Å². The normalized spacial score (nSPS) is 22.0. The Morgan fingerprint density at radius 3 is 2.78 bits per heavy atom. The fourth-order valence-electron chi connectivity index (χ4n) is 4.66. The van der Waals surface area contributed by atoms with E-state index in [0.717, 1.165) is 60.9 Å². The molecule has 1 amide bonds. The van der Waals surface area contributed by atoms with Gasteiger partial charge >= 0.3 is 0 Å². The number of hydrogen-bond donors (Lipinski definition) is 0. The van der Waals surface area contributed by atoms with Crippen molar-refractivity contribution in [2.24, 2.45) is 0 Å². The molecule has 0 aromatic heterocycles. The quantitative estimate of drug-likeness (QED) is 0.696. The van der Waals surface area contributed by atoms with E-state index in [1.165, 1.54) is 17.2 Å². The summed E-state index contributed by atoms with van der Waals surface area (Å²) in [6, 6.07) is 12.2. The van der Waals surface area contributed by atoms with Crippen molar-refractivity contribution in [1.82, 2.24) is 4.90 Å². The molecule has 1 fully saturated rings. The number of nitrogens with zero attached hydrogens (tertiary/aromatic N) is 1. The lowest BCUT2D eigenvalue weighted by Gasteiger charge is -2.23. The van der Waals surface area contributed by atoms with E-state index in [1.807, 2.05) is 24.0 Å².